The minimum Gasteiger partial charge on any atom is -0.378 e. The molecule has 0 N–H and O–H groups in total. The lowest BCUT2D eigenvalue weighted by atomic mass is 9.75. The zero-order valence-electron chi connectivity index (χ0n) is 17.5. The molecular formula is C20H32F2O3S. The number of halogens is 2. The van der Waals surface area contributed by atoms with Crippen molar-refractivity contribution in [1.82, 2.24) is 0 Å². The fourth-order valence-electron chi connectivity index (χ4n) is 2.45. The molecular weight excluding hydrogens is 358 g/mol. The molecule has 0 amide bonds. The molecule has 3 nitrogen and oxygen atoms in total. The lowest BCUT2D eigenvalue weighted by molar-refractivity contribution is 0.103. The summed E-state index contributed by atoms with van der Waals surface area (Å²) in [6, 6.07) is 3.74. The third-order valence-corrected chi connectivity index (χ3v) is 5.47. The first-order chi connectivity index (χ1) is 11.2. The van der Waals surface area contributed by atoms with E-state index in [9.17, 15) is 17.2 Å². The van der Waals surface area contributed by atoms with Gasteiger partial charge in [0.1, 0.15) is 5.75 Å². The third kappa shape index (κ3) is 4.96. The van der Waals surface area contributed by atoms with Crippen molar-refractivity contribution in [2.45, 2.75) is 90.7 Å². The van der Waals surface area contributed by atoms with Gasteiger partial charge >= 0.3 is 15.4 Å². The standard InChI is InChI=1S/C20H32F2O3S/c1-17(2,3)13-11-14(18(4,5)6)16(15(12-13)19(7,8)9)25-26(23,24)20(10,21)22/h11-12H,1-10H3. The molecule has 0 aliphatic carbocycles. The fourth-order valence-corrected chi connectivity index (χ4v) is 2.99. The lowest BCUT2D eigenvalue weighted by Crippen LogP contribution is -2.32. The second-order valence-electron chi connectivity index (χ2n) is 10.00. The first kappa shape index (κ1) is 22.9. The maximum atomic E-state index is 13.6. The van der Waals surface area contributed by atoms with Gasteiger partial charge in [0.15, 0.2) is 0 Å². The van der Waals surface area contributed by atoms with Gasteiger partial charge in [-0.15, -0.1) is 0 Å². The summed E-state index contributed by atoms with van der Waals surface area (Å²) in [5, 5.41) is -3.99. The molecule has 0 fully saturated rings. The summed E-state index contributed by atoms with van der Waals surface area (Å²) in [7, 11) is -5.10. The molecule has 1 rings (SSSR count). The Morgan fingerprint density at radius 1 is 0.731 bits per heavy atom. The second kappa shape index (κ2) is 6.47. The molecule has 0 atom stereocenters. The van der Waals surface area contributed by atoms with Crippen LogP contribution in [0.2, 0.25) is 0 Å². The average molecular weight is 391 g/mol. The number of hydrogen-bond acceptors (Lipinski definition) is 3. The summed E-state index contributed by atoms with van der Waals surface area (Å²) in [6.07, 6.45) is 0. The molecule has 0 aromatic heterocycles. The van der Waals surface area contributed by atoms with Crippen LogP contribution >= 0.6 is 0 Å². The van der Waals surface area contributed by atoms with E-state index in [-0.39, 0.29) is 11.2 Å². The molecule has 150 valence electrons. The van der Waals surface area contributed by atoms with Gasteiger partial charge in [0.25, 0.3) is 0 Å². The third-order valence-electron chi connectivity index (χ3n) is 4.20. The molecule has 0 spiro atoms. The van der Waals surface area contributed by atoms with Gasteiger partial charge in [-0.1, -0.05) is 74.4 Å². The van der Waals surface area contributed by atoms with Crippen LogP contribution in [-0.4, -0.2) is 13.7 Å². The molecule has 1 aromatic carbocycles. The quantitative estimate of drug-likeness (QED) is 0.604. The van der Waals surface area contributed by atoms with E-state index in [0.29, 0.717) is 18.1 Å². The smallest absolute Gasteiger partial charge is 0.377 e. The van der Waals surface area contributed by atoms with E-state index in [4.69, 9.17) is 4.18 Å². The van der Waals surface area contributed by atoms with Gasteiger partial charge in [0.2, 0.25) is 0 Å². The van der Waals surface area contributed by atoms with Crippen molar-refractivity contribution in [3.8, 4) is 5.75 Å². The van der Waals surface area contributed by atoms with E-state index < -0.39 is 26.2 Å². The predicted octanol–water partition coefficient (Wildman–Crippen LogP) is 5.90. The molecule has 6 heteroatoms. The first-order valence-electron chi connectivity index (χ1n) is 8.69. The highest BCUT2D eigenvalue weighted by Crippen LogP contribution is 2.44. The van der Waals surface area contributed by atoms with Crippen molar-refractivity contribution in [2.24, 2.45) is 0 Å². The van der Waals surface area contributed by atoms with Gasteiger partial charge in [-0.2, -0.15) is 17.2 Å². The minimum absolute atomic E-state index is 0.0134. The Balaban J connectivity index is 3.93. The second-order valence-corrected chi connectivity index (χ2v) is 11.8. The summed E-state index contributed by atoms with van der Waals surface area (Å²) in [4.78, 5) is 0. The van der Waals surface area contributed by atoms with Crippen molar-refractivity contribution in [3.63, 3.8) is 0 Å². The molecule has 26 heavy (non-hydrogen) atoms. The van der Waals surface area contributed by atoms with Crippen molar-refractivity contribution >= 4 is 10.1 Å². The zero-order chi connectivity index (χ0) is 20.9. The highest BCUT2D eigenvalue weighted by Gasteiger charge is 2.44. The number of alkyl halides is 2. The number of hydrogen-bond donors (Lipinski definition) is 0. The Kier molecular flexibility index (Phi) is 5.69. The van der Waals surface area contributed by atoms with Gasteiger partial charge < -0.3 is 4.18 Å². The van der Waals surface area contributed by atoms with Crippen LogP contribution in [0.15, 0.2) is 12.1 Å². The van der Waals surface area contributed by atoms with E-state index in [1.165, 1.54) is 0 Å². The molecule has 0 unspecified atom stereocenters. The van der Waals surface area contributed by atoms with Crippen molar-refractivity contribution in [1.29, 1.82) is 0 Å². The Bertz CT molecular complexity index is 734. The molecule has 0 radical (unpaired) electrons. The summed E-state index contributed by atoms with van der Waals surface area (Å²) < 4.78 is 56.4. The Hall–Kier alpha value is -1.17. The van der Waals surface area contributed by atoms with E-state index in [1.807, 2.05) is 53.7 Å². The average Bonchev–Trinajstić information content (AvgIpc) is 2.32. The van der Waals surface area contributed by atoms with E-state index in [1.54, 1.807) is 0 Å². The Morgan fingerprint density at radius 2 is 1.08 bits per heavy atom. The summed E-state index contributed by atoms with van der Waals surface area (Å²) >= 11 is 0. The van der Waals surface area contributed by atoms with E-state index in [2.05, 4.69) is 20.8 Å². The number of benzene rings is 1. The van der Waals surface area contributed by atoms with E-state index >= 15 is 0 Å². The van der Waals surface area contributed by atoms with Crippen LogP contribution < -0.4 is 4.18 Å². The summed E-state index contributed by atoms with van der Waals surface area (Å²) in [5.74, 6) is 0.0134. The monoisotopic (exact) mass is 390 g/mol. The maximum Gasteiger partial charge on any atom is 0.377 e. The zero-order valence-corrected chi connectivity index (χ0v) is 18.4. The molecule has 0 aliphatic heterocycles. The van der Waals surface area contributed by atoms with Crippen LogP contribution in [0.4, 0.5) is 8.78 Å². The van der Waals surface area contributed by atoms with Gasteiger partial charge in [-0.25, -0.2) is 0 Å². The van der Waals surface area contributed by atoms with Crippen LogP contribution in [0.5, 0.6) is 5.75 Å². The van der Waals surface area contributed by atoms with Crippen molar-refractivity contribution in [3.05, 3.63) is 28.8 Å². The summed E-state index contributed by atoms with van der Waals surface area (Å²) in [6.45, 7) is 17.9. The molecule has 0 heterocycles. The van der Waals surface area contributed by atoms with E-state index in [0.717, 1.165) is 5.56 Å². The fraction of sp³-hybridized carbons (Fsp3) is 0.700. The molecule has 0 saturated heterocycles. The van der Waals surface area contributed by atoms with Gasteiger partial charge in [0.05, 0.1) is 0 Å². The van der Waals surface area contributed by atoms with Crippen LogP contribution in [0.3, 0.4) is 0 Å². The number of rotatable bonds is 3. The topological polar surface area (TPSA) is 43.4 Å². The van der Waals surface area contributed by atoms with Crippen LogP contribution in [-0.2, 0) is 26.4 Å². The van der Waals surface area contributed by atoms with Crippen LogP contribution in [0.1, 0.15) is 85.9 Å². The first-order valence-corrected chi connectivity index (χ1v) is 10.1. The predicted molar refractivity (Wildman–Crippen MR) is 103 cm³/mol. The lowest BCUT2D eigenvalue weighted by Gasteiger charge is -2.33. The van der Waals surface area contributed by atoms with Crippen LogP contribution in [0.25, 0.3) is 0 Å². The van der Waals surface area contributed by atoms with Gasteiger partial charge in [-0.05, 0) is 21.8 Å². The Labute approximate surface area is 157 Å². The minimum atomic E-state index is -5.10. The molecule has 0 saturated carbocycles. The largest absolute Gasteiger partial charge is 0.378 e. The van der Waals surface area contributed by atoms with Crippen molar-refractivity contribution in [2.75, 3.05) is 0 Å². The molecule has 1 aromatic rings. The Morgan fingerprint density at radius 3 is 1.31 bits per heavy atom. The van der Waals surface area contributed by atoms with Crippen LogP contribution in [0, 0.1) is 0 Å². The maximum absolute atomic E-state index is 13.6. The molecule has 0 bridgehead atoms. The highest BCUT2D eigenvalue weighted by atomic mass is 32.2. The van der Waals surface area contributed by atoms with Gasteiger partial charge in [0, 0.05) is 18.1 Å². The van der Waals surface area contributed by atoms with Gasteiger partial charge in [-0.3, -0.25) is 0 Å². The SMILES string of the molecule is CC(C)(C)c1cc(C(C)(C)C)c(OS(=O)(=O)C(C)(F)F)c(C(C)(C)C)c1. The van der Waals surface area contributed by atoms with Crippen molar-refractivity contribution < 1.29 is 21.4 Å². The highest BCUT2D eigenvalue weighted by molar-refractivity contribution is 7.88. The summed E-state index contributed by atoms with van der Waals surface area (Å²) in [5.41, 5.74) is 1.03. The normalized spacial score (nSPS) is 14.5. The molecule has 0 aliphatic rings.